The molecule has 0 bridgehead atoms. The van der Waals surface area contributed by atoms with Crippen molar-refractivity contribution >= 4 is 17.6 Å². The van der Waals surface area contributed by atoms with Crippen molar-refractivity contribution in [2.45, 2.75) is 13.1 Å². The van der Waals surface area contributed by atoms with E-state index in [1.54, 1.807) is 17.0 Å². The van der Waals surface area contributed by atoms with Crippen molar-refractivity contribution < 1.29 is 14.0 Å². The number of nitrogens with zero attached hydrogens (tertiary/aromatic N) is 4. The maximum absolute atomic E-state index is 12.9. The molecule has 2 N–H and O–H groups in total. The number of halogens is 1. The molecular weight excluding hydrogens is 399 g/mol. The molecule has 0 atom stereocenters. The van der Waals surface area contributed by atoms with E-state index in [-0.39, 0.29) is 24.8 Å². The zero-order valence-corrected chi connectivity index (χ0v) is 17.1. The van der Waals surface area contributed by atoms with Crippen molar-refractivity contribution in [2.75, 3.05) is 32.7 Å². The van der Waals surface area contributed by atoms with Gasteiger partial charge in [0.25, 0.3) is 0 Å². The van der Waals surface area contributed by atoms with Gasteiger partial charge in [0.1, 0.15) is 11.5 Å². The first kappa shape index (κ1) is 20.8. The summed E-state index contributed by atoms with van der Waals surface area (Å²) in [7, 11) is 0. The van der Waals surface area contributed by atoms with Crippen molar-refractivity contribution in [3.63, 3.8) is 0 Å². The summed E-state index contributed by atoms with van der Waals surface area (Å²) in [6, 6.07) is 11.4. The van der Waals surface area contributed by atoms with Crippen molar-refractivity contribution in [1.29, 1.82) is 0 Å². The summed E-state index contributed by atoms with van der Waals surface area (Å²) < 4.78 is 14.9. The lowest BCUT2D eigenvalue weighted by Crippen LogP contribution is -2.51. The van der Waals surface area contributed by atoms with E-state index in [4.69, 9.17) is 0 Å². The zero-order chi connectivity index (χ0) is 21.6. The number of rotatable bonds is 6. The molecule has 0 unspecified atom stereocenters. The number of amides is 3. The average Bonchev–Trinajstić information content (AvgIpc) is 3.20. The zero-order valence-electron chi connectivity index (χ0n) is 17.1. The minimum Gasteiger partial charge on any atom is -0.339 e. The van der Waals surface area contributed by atoms with Crippen LogP contribution in [0.2, 0.25) is 0 Å². The molecule has 1 aromatic carbocycles. The van der Waals surface area contributed by atoms with E-state index in [2.05, 4.69) is 20.5 Å². The molecule has 0 saturated carbocycles. The number of urea groups is 1. The molecule has 0 aliphatic carbocycles. The van der Waals surface area contributed by atoms with Gasteiger partial charge in [-0.3, -0.25) is 9.69 Å². The highest BCUT2D eigenvalue weighted by atomic mass is 19.1. The molecule has 0 radical (unpaired) electrons. The van der Waals surface area contributed by atoms with Crippen LogP contribution in [0.4, 0.5) is 9.18 Å². The van der Waals surface area contributed by atoms with Crippen LogP contribution >= 0.6 is 0 Å². The molecular formula is C22H25FN6O2. The Morgan fingerprint density at radius 3 is 2.52 bits per heavy atom. The maximum atomic E-state index is 12.9. The smallest absolute Gasteiger partial charge is 0.315 e. The molecule has 1 aliphatic heterocycles. The van der Waals surface area contributed by atoms with Gasteiger partial charge in [-0.1, -0.05) is 18.2 Å². The standard InChI is InChI=1S/C22H25FN6O2/c23-18-6-4-17(5-7-18)13-24-22(31)25-14-21(30)28-11-9-27(10-12-28)15-19-16-29-8-2-1-3-20(29)26-19/h1-8,16H,9-15H2,(H2,24,25,31). The SMILES string of the molecule is O=C(NCC(=O)N1CCN(Cc2cn3ccccc3n2)CC1)NCc1ccc(F)cc1. The first-order valence-electron chi connectivity index (χ1n) is 10.3. The minimum atomic E-state index is -0.428. The first-order chi connectivity index (χ1) is 15.1. The Kier molecular flexibility index (Phi) is 6.42. The maximum Gasteiger partial charge on any atom is 0.315 e. The van der Waals surface area contributed by atoms with Crippen LogP contribution in [-0.2, 0) is 17.9 Å². The van der Waals surface area contributed by atoms with Gasteiger partial charge in [0.2, 0.25) is 5.91 Å². The Morgan fingerprint density at radius 2 is 1.77 bits per heavy atom. The predicted octanol–water partition coefficient (Wildman–Crippen LogP) is 1.62. The average molecular weight is 424 g/mol. The molecule has 2 aromatic heterocycles. The second-order valence-corrected chi connectivity index (χ2v) is 7.52. The number of nitrogens with one attached hydrogen (secondary N) is 2. The van der Waals surface area contributed by atoms with Gasteiger partial charge >= 0.3 is 6.03 Å². The molecule has 0 spiro atoms. The van der Waals surface area contributed by atoms with Crippen LogP contribution in [0.15, 0.2) is 54.9 Å². The monoisotopic (exact) mass is 424 g/mol. The lowest BCUT2D eigenvalue weighted by atomic mass is 10.2. The third kappa shape index (κ3) is 5.58. The van der Waals surface area contributed by atoms with Gasteiger partial charge in [-0.25, -0.2) is 14.2 Å². The molecule has 4 rings (SSSR count). The van der Waals surface area contributed by atoms with Gasteiger partial charge in [0.05, 0.1) is 12.2 Å². The van der Waals surface area contributed by atoms with Crippen LogP contribution in [-0.4, -0.2) is 63.8 Å². The lowest BCUT2D eigenvalue weighted by Gasteiger charge is -2.34. The molecule has 1 fully saturated rings. The number of hydrogen-bond acceptors (Lipinski definition) is 4. The Morgan fingerprint density at radius 1 is 1.00 bits per heavy atom. The number of fused-ring (bicyclic) bond motifs is 1. The van der Waals surface area contributed by atoms with E-state index in [0.717, 1.165) is 36.5 Å². The first-order valence-corrected chi connectivity index (χ1v) is 10.3. The van der Waals surface area contributed by atoms with Gasteiger partial charge in [0.15, 0.2) is 0 Å². The highest BCUT2D eigenvalue weighted by Crippen LogP contribution is 2.10. The van der Waals surface area contributed by atoms with Crippen LogP contribution in [0.5, 0.6) is 0 Å². The Hall–Kier alpha value is -3.46. The van der Waals surface area contributed by atoms with Crippen LogP contribution < -0.4 is 10.6 Å². The Bertz CT molecular complexity index is 1010. The van der Waals surface area contributed by atoms with Crippen LogP contribution in [0.25, 0.3) is 5.65 Å². The third-order valence-electron chi connectivity index (χ3n) is 5.29. The van der Waals surface area contributed by atoms with E-state index in [0.29, 0.717) is 13.1 Å². The van der Waals surface area contributed by atoms with Gasteiger partial charge in [-0.2, -0.15) is 0 Å². The highest BCUT2D eigenvalue weighted by molar-refractivity contribution is 5.84. The summed E-state index contributed by atoms with van der Waals surface area (Å²) in [4.78, 5) is 33.0. The van der Waals surface area contributed by atoms with Crippen molar-refractivity contribution in [3.05, 3.63) is 71.9 Å². The van der Waals surface area contributed by atoms with Crippen LogP contribution in [0.3, 0.4) is 0 Å². The summed E-state index contributed by atoms with van der Waals surface area (Å²) in [5.74, 6) is -0.429. The van der Waals surface area contributed by atoms with Crippen LogP contribution in [0.1, 0.15) is 11.3 Å². The molecule has 1 saturated heterocycles. The molecule has 162 valence electrons. The molecule has 1 aliphatic rings. The topological polar surface area (TPSA) is 82.0 Å². The van der Waals surface area contributed by atoms with E-state index < -0.39 is 6.03 Å². The fourth-order valence-corrected chi connectivity index (χ4v) is 3.56. The fraction of sp³-hybridized carbons (Fsp3) is 0.318. The lowest BCUT2D eigenvalue weighted by molar-refractivity contribution is -0.131. The summed E-state index contributed by atoms with van der Waals surface area (Å²) in [6.07, 6.45) is 4.01. The fourth-order valence-electron chi connectivity index (χ4n) is 3.56. The van der Waals surface area contributed by atoms with E-state index >= 15 is 0 Å². The number of benzene rings is 1. The number of carbonyl (C=O) groups is 2. The van der Waals surface area contributed by atoms with Gasteiger partial charge in [-0.05, 0) is 29.8 Å². The summed E-state index contributed by atoms with van der Waals surface area (Å²) in [5.41, 5.74) is 2.71. The quantitative estimate of drug-likeness (QED) is 0.630. The highest BCUT2D eigenvalue weighted by Gasteiger charge is 2.22. The molecule has 3 amide bonds. The summed E-state index contributed by atoms with van der Waals surface area (Å²) in [5, 5.41) is 5.25. The number of carbonyl (C=O) groups excluding carboxylic acids is 2. The molecule has 8 nitrogen and oxygen atoms in total. The van der Waals surface area contributed by atoms with Gasteiger partial charge < -0.3 is 19.9 Å². The van der Waals surface area contributed by atoms with E-state index in [9.17, 15) is 14.0 Å². The second-order valence-electron chi connectivity index (χ2n) is 7.52. The second kappa shape index (κ2) is 9.57. The van der Waals surface area contributed by atoms with Crippen molar-refractivity contribution in [2.24, 2.45) is 0 Å². The Balaban J connectivity index is 1.16. The Labute approximate surface area is 179 Å². The van der Waals surface area contributed by atoms with Crippen molar-refractivity contribution in [3.8, 4) is 0 Å². The molecule has 3 heterocycles. The summed E-state index contributed by atoms with van der Waals surface area (Å²) >= 11 is 0. The largest absolute Gasteiger partial charge is 0.339 e. The van der Waals surface area contributed by atoms with Gasteiger partial charge in [-0.15, -0.1) is 0 Å². The van der Waals surface area contributed by atoms with Gasteiger partial charge in [0, 0.05) is 51.7 Å². The minimum absolute atomic E-state index is 0.0539. The third-order valence-corrected chi connectivity index (χ3v) is 5.29. The van der Waals surface area contributed by atoms with Crippen LogP contribution in [0, 0.1) is 5.82 Å². The van der Waals surface area contributed by atoms with E-state index in [1.807, 2.05) is 35.0 Å². The number of piperazine rings is 1. The number of hydrogen-bond donors (Lipinski definition) is 2. The molecule has 31 heavy (non-hydrogen) atoms. The number of aromatic nitrogens is 2. The summed E-state index contributed by atoms with van der Waals surface area (Å²) in [6.45, 7) is 3.71. The van der Waals surface area contributed by atoms with Crippen molar-refractivity contribution in [1.82, 2.24) is 29.8 Å². The predicted molar refractivity (Wildman–Crippen MR) is 114 cm³/mol. The number of imidazole rings is 1. The molecule has 3 aromatic rings. The molecule has 9 heteroatoms. The normalized spacial score (nSPS) is 14.5. The number of pyridine rings is 1. The van der Waals surface area contributed by atoms with E-state index in [1.165, 1.54) is 12.1 Å².